The third kappa shape index (κ3) is 5.23. The summed E-state index contributed by atoms with van der Waals surface area (Å²) in [5.74, 6) is 0. The highest BCUT2D eigenvalue weighted by Gasteiger charge is 2.23. The first-order valence-corrected chi connectivity index (χ1v) is 7.40. The van der Waals surface area contributed by atoms with Crippen LogP contribution in [0.15, 0.2) is 0 Å². The quantitative estimate of drug-likeness (QED) is 0.710. The van der Waals surface area contributed by atoms with Crippen molar-refractivity contribution in [2.45, 2.75) is 56.9 Å². The number of hydrogen-bond acceptors (Lipinski definition) is 3. The Labute approximate surface area is 98.5 Å². The molecule has 3 heteroatoms. The van der Waals surface area contributed by atoms with E-state index in [4.69, 9.17) is 4.74 Å². The number of thioether (sulfide) groups is 1. The lowest BCUT2D eigenvalue weighted by Gasteiger charge is -2.31. The molecule has 0 radical (unpaired) electrons. The van der Waals surface area contributed by atoms with Crippen LogP contribution in [0.5, 0.6) is 0 Å². The van der Waals surface area contributed by atoms with Crippen LogP contribution in [0.3, 0.4) is 0 Å². The molecule has 0 aromatic carbocycles. The van der Waals surface area contributed by atoms with Crippen molar-refractivity contribution >= 4 is 11.8 Å². The largest absolute Gasteiger partial charge is 0.377 e. The summed E-state index contributed by atoms with van der Waals surface area (Å²) in [5, 5.41) is 4.45. The predicted octanol–water partition coefficient (Wildman–Crippen LogP) is 2.68. The molecule has 0 amide bonds. The molecule has 0 saturated heterocycles. The topological polar surface area (TPSA) is 21.3 Å². The summed E-state index contributed by atoms with van der Waals surface area (Å²) in [6.45, 7) is 6.02. The monoisotopic (exact) mass is 231 g/mol. The van der Waals surface area contributed by atoms with Crippen LogP contribution in [0.1, 0.15) is 39.5 Å². The Morgan fingerprint density at radius 2 is 2.07 bits per heavy atom. The second-order valence-electron chi connectivity index (χ2n) is 4.54. The normalized spacial score (nSPS) is 27.2. The summed E-state index contributed by atoms with van der Waals surface area (Å²) >= 11 is 2.01. The van der Waals surface area contributed by atoms with E-state index in [-0.39, 0.29) is 0 Å². The van der Waals surface area contributed by atoms with Gasteiger partial charge in [-0.05, 0) is 32.9 Å². The second-order valence-corrected chi connectivity index (χ2v) is 5.62. The van der Waals surface area contributed by atoms with E-state index in [1.807, 2.05) is 11.8 Å². The van der Waals surface area contributed by atoms with E-state index < -0.39 is 0 Å². The third-order valence-corrected chi connectivity index (χ3v) is 4.13. The minimum atomic E-state index is 0.356. The van der Waals surface area contributed by atoms with Crippen molar-refractivity contribution in [2.75, 3.05) is 19.4 Å². The summed E-state index contributed by atoms with van der Waals surface area (Å²) in [4.78, 5) is 0. The molecule has 0 spiro atoms. The molecule has 2 atom stereocenters. The minimum Gasteiger partial charge on any atom is -0.377 e. The molecule has 15 heavy (non-hydrogen) atoms. The van der Waals surface area contributed by atoms with Gasteiger partial charge in [-0.25, -0.2) is 0 Å². The van der Waals surface area contributed by atoms with E-state index in [0.29, 0.717) is 12.1 Å². The second kappa shape index (κ2) is 7.53. The first-order chi connectivity index (χ1) is 7.24. The van der Waals surface area contributed by atoms with Crippen molar-refractivity contribution in [1.29, 1.82) is 0 Å². The molecule has 1 saturated carbocycles. The number of ether oxygens (including phenoxy) is 1. The van der Waals surface area contributed by atoms with E-state index >= 15 is 0 Å². The Hall–Kier alpha value is 0.270. The van der Waals surface area contributed by atoms with Gasteiger partial charge in [0, 0.05) is 17.8 Å². The van der Waals surface area contributed by atoms with Crippen LogP contribution in [0, 0.1) is 0 Å². The number of hydrogen-bond donors (Lipinski definition) is 1. The van der Waals surface area contributed by atoms with Crippen molar-refractivity contribution in [3.8, 4) is 0 Å². The number of nitrogens with one attached hydrogen (secondary N) is 1. The summed E-state index contributed by atoms with van der Waals surface area (Å²) in [6.07, 6.45) is 8.10. The summed E-state index contributed by atoms with van der Waals surface area (Å²) in [7, 11) is 0. The van der Waals surface area contributed by atoms with Crippen LogP contribution >= 0.6 is 11.8 Å². The SMILES string of the molecule is CSC1CCCCC1NCCOC(C)C. The van der Waals surface area contributed by atoms with Gasteiger partial charge in [-0.3, -0.25) is 0 Å². The van der Waals surface area contributed by atoms with Crippen LogP contribution < -0.4 is 5.32 Å². The van der Waals surface area contributed by atoms with Gasteiger partial charge < -0.3 is 10.1 Å². The maximum absolute atomic E-state index is 5.53. The molecule has 1 aliphatic carbocycles. The van der Waals surface area contributed by atoms with Gasteiger partial charge in [0.1, 0.15) is 0 Å². The van der Waals surface area contributed by atoms with E-state index in [0.717, 1.165) is 18.4 Å². The van der Waals surface area contributed by atoms with Crippen LogP contribution in [-0.4, -0.2) is 36.8 Å². The summed E-state index contributed by atoms with van der Waals surface area (Å²) in [5.41, 5.74) is 0. The molecule has 0 bridgehead atoms. The van der Waals surface area contributed by atoms with Gasteiger partial charge in [-0.15, -0.1) is 0 Å². The van der Waals surface area contributed by atoms with Crippen LogP contribution in [0.25, 0.3) is 0 Å². The van der Waals surface area contributed by atoms with E-state index in [9.17, 15) is 0 Å². The smallest absolute Gasteiger partial charge is 0.0594 e. The molecule has 1 rings (SSSR count). The predicted molar refractivity (Wildman–Crippen MR) is 68.6 cm³/mol. The Kier molecular flexibility index (Phi) is 6.69. The van der Waals surface area contributed by atoms with Crippen molar-refractivity contribution in [3.63, 3.8) is 0 Å². The first-order valence-electron chi connectivity index (χ1n) is 6.12. The molecule has 0 aliphatic heterocycles. The van der Waals surface area contributed by atoms with Gasteiger partial charge in [0.25, 0.3) is 0 Å². The summed E-state index contributed by atoms with van der Waals surface area (Å²) < 4.78 is 5.53. The molecule has 0 heterocycles. The van der Waals surface area contributed by atoms with Crippen LogP contribution in [0.2, 0.25) is 0 Å². The molecular formula is C12H25NOS. The van der Waals surface area contributed by atoms with Gasteiger partial charge in [0.2, 0.25) is 0 Å². The standard InChI is InChI=1S/C12H25NOS/c1-10(2)14-9-8-13-11-6-4-5-7-12(11)15-3/h10-13H,4-9H2,1-3H3. The zero-order valence-corrected chi connectivity index (χ0v) is 11.1. The molecule has 2 nitrogen and oxygen atoms in total. The van der Waals surface area contributed by atoms with E-state index in [1.165, 1.54) is 25.7 Å². The van der Waals surface area contributed by atoms with Gasteiger partial charge in [0.15, 0.2) is 0 Å². The first kappa shape index (κ1) is 13.3. The highest BCUT2D eigenvalue weighted by Crippen LogP contribution is 2.26. The zero-order chi connectivity index (χ0) is 11.1. The molecule has 1 aliphatic rings. The van der Waals surface area contributed by atoms with Gasteiger partial charge in [-0.1, -0.05) is 12.8 Å². The maximum atomic E-state index is 5.53. The highest BCUT2D eigenvalue weighted by molar-refractivity contribution is 7.99. The van der Waals surface area contributed by atoms with E-state index in [2.05, 4.69) is 25.4 Å². The average Bonchev–Trinajstić information content (AvgIpc) is 2.24. The Bertz CT molecular complexity index is 164. The third-order valence-electron chi connectivity index (χ3n) is 2.97. The average molecular weight is 231 g/mol. The zero-order valence-electron chi connectivity index (χ0n) is 10.3. The molecular weight excluding hydrogens is 206 g/mol. The summed E-state index contributed by atoms with van der Waals surface area (Å²) in [6, 6.07) is 0.713. The lowest BCUT2D eigenvalue weighted by Crippen LogP contribution is -2.42. The molecule has 1 fully saturated rings. The molecule has 2 unspecified atom stereocenters. The fourth-order valence-electron chi connectivity index (χ4n) is 2.15. The fraction of sp³-hybridized carbons (Fsp3) is 1.00. The molecule has 1 N–H and O–H groups in total. The fourth-order valence-corrected chi connectivity index (χ4v) is 3.11. The van der Waals surface area contributed by atoms with Crippen LogP contribution in [0.4, 0.5) is 0 Å². The van der Waals surface area contributed by atoms with Crippen molar-refractivity contribution in [3.05, 3.63) is 0 Å². The van der Waals surface area contributed by atoms with Crippen molar-refractivity contribution < 1.29 is 4.74 Å². The van der Waals surface area contributed by atoms with Crippen molar-refractivity contribution in [2.24, 2.45) is 0 Å². The molecule has 90 valence electrons. The lowest BCUT2D eigenvalue weighted by molar-refractivity contribution is 0.0787. The Morgan fingerprint density at radius 1 is 1.33 bits per heavy atom. The number of rotatable bonds is 6. The Morgan fingerprint density at radius 3 is 2.73 bits per heavy atom. The molecule has 0 aromatic heterocycles. The Balaban J connectivity index is 2.12. The van der Waals surface area contributed by atoms with Gasteiger partial charge in [0.05, 0.1) is 12.7 Å². The van der Waals surface area contributed by atoms with Gasteiger partial charge in [-0.2, -0.15) is 11.8 Å². The highest BCUT2D eigenvalue weighted by atomic mass is 32.2. The lowest BCUT2D eigenvalue weighted by atomic mass is 9.95. The van der Waals surface area contributed by atoms with E-state index in [1.54, 1.807) is 0 Å². The minimum absolute atomic E-state index is 0.356. The molecule has 0 aromatic rings. The van der Waals surface area contributed by atoms with Crippen molar-refractivity contribution in [1.82, 2.24) is 5.32 Å². The van der Waals surface area contributed by atoms with Crippen LogP contribution in [-0.2, 0) is 4.74 Å². The van der Waals surface area contributed by atoms with Gasteiger partial charge >= 0.3 is 0 Å². The maximum Gasteiger partial charge on any atom is 0.0594 e.